The van der Waals surface area contributed by atoms with Gasteiger partial charge in [0.05, 0.1) is 11.2 Å². The molecule has 23 heavy (non-hydrogen) atoms. The van der Waals surface area contributed by atoms with E-state index in [1.165, 1.54) is 0 Å². The van der Waals surface area contributed by atoms with E-state index in [2.05, 4.69) is 22.5 Å². The van der Waals surface area contributed by atoms with Gasteiger partial charge in [-0.3, -0.25) is 9.59 Å². The fourth-order valence-corrected chi connectivity index (χ4v) is 3.88. The van der Waals surface area contributed by atoms with Crippen molar-refractivity contribution in [1.82, 2.24) is 4.90 Å². The molecule has 0 saturated carbocycles. The van der Waals surface area contributed by atoms with Crippen LogP contribution in [0.4, 0.5) is 5.69 Å². The van der Waals surface area contributed by atoms with Gasteiger partial charge in [-0.25, -0.2) is 0 Å². The Labute approximate surface area is 146 Å². The second kappa shape index (κ2) is 7.30. The predicted molar refractivity (Wildman–Crippen MR) is 96.3 cm³/mol. The van der Waals surface area contributed by atoms with Gasteiger partial charge >= 0.3 is 0 Å². The van der Waals surface area contributed by atoms with E-state index in [0.717, 1.165) is 23.0 Å². The molecule has 1 saturated heterocycles. The Hall–Kier alpha value is -1.62. The maximum absolute atomic E-state index is 12.5. The number of hydrogen-bond donors (Lipinski definition) is 0. The minimum atomic E-state index is -0.330. The van der Waals surface area contributed by atoms with Gasteiger partial charge in [-0.2, -0.15) is 0 Å². The van der Waals surface area contributed by atoms with E-state index < -0.39 is 0 Å². The minimum absolute atomic E-state index is 0.00928. The molecule has 1 aliphatic rings. The normalized spacial score (nSPS) is 16.7. The molecule has 1 fully saturated rings. The highest BCUT2D eigenvalue weighted by atomic mass is 79.9. The van der Waals surface area contributed by atoms with Gasteiger partial charge in [0.25, 0.3) is 0 Å². The Morgan fingerprint density at radius 3 is 2.39 bits per heavy atom. The van der Waals surface area contributed by atoms with Gasteiger partial charge in [0.2, 0.25) is 11.8 Å². The van der Waals surface area contributed by atoms with E-state index in [1.807, 2.05) is 40.1 Å². The maximum Gasteiger partial charge on any atom is 0.224 e. The van der Waals surface area contributed by atoms with Crippen LogP contribution in [-0.4, -0.2) is 35.3 Å². The number of benzene rings is 1. The molecule has 1 aromatic carbocycles. The Bertz CT molecular complexity index is 607. The number of carbonyl (C=O) groups excluding carboxylic acids is 2. The number of carbonyl (C=O) groups is 2. The third kappa shape index (κ3) is 3.66. The van der Waals surface area contributed by atoms with Crippen LogP contribution >= 0.6 is 15.9 Å². The van der Waals surface area contributed by atoms with E-state index in [4.69, 9.17) is 0 Å². The first-order valence-corrected chi connectivity index (χ1v) is 8.62. The summed E-state index contributed by atoms with van der Waals surface area (Å²) < 4.78 is 0.896. The van der Waals surface area contributed by atoms with Crippen LogP contribution in [0.2, 0.25) is 0 Å². The highest BCUT2D eigenvalue weighted by Crippen LogP contribution is 2.39. The standard InChI is InChI=1S/C18H23BrN2O2/c1-4-9-18(10-12-20(13-11-18)14(2)22)21(15(3)23)17-8-6-5-7-16(17)19/h4-8H,1,9-13H2,2-3H3. The zero-order valence-corrected chi connectivity index (χ0v) is 15.3. The summed E-state index contributed by atoms with van der Waals surface area (Å²) in [4.78, 5) is 27.8. The van der Waals surface area contributed by atoms with Crippen LogP contribution < -0.4 is 4.90 Å². The first-order valence-electron chi connectivity index (χ1n) is 7.83. The van der Waals surface area contributed by atoms with Gasteiger partial charge in [-0.1, -0.05) is 18.2 Å². The summed E-state index contributed by atoms with van der Waals surface area (Å²) in [6.45, 7) is 8.40. The van der Waals surface area contributed by atoms with Crippen molar-refractivity contribution in [3.63, 3.8) is 0 Å². The van der Waals surface area contributed by atoms with E-state index in [9.17, 15) is 9.59 Å². The van der Waals surface area contributed by atoms with Crippen molar-refractivity contribution in [2.75, 3.05) is 18.0 Å². The van der Waals surface area contributed by atoms with Crippen molar-refractivity contribution >= 4 is 33.4 Å². The summed E-state index contributed by atoms with van der Waals surface area (Å²) in [6.07, 6.45) is 4.08. The predicted octanol–water partition coefficient (Wildman–Crippen LogP) is 3.76. The molecule has 0 radical (unpaired) electrons. The van der Waals surface area contributed by atoms with Crippen LogP contribution in [0.15, 0.2) is 41.4 Å². The average Bonchev–Trinajstić information content (AvgIpc) is 2.50. The fraction of sp³-hybridized carbons (Fsp3) is 0.444. The van der Waals surface area contributed by atoms with Crippen molar-refractivity contribution < 1.29 is 9.59 Å². The molecule has 1 aromatic rings. The molecule has 4 nitrogen and oxygen atoms in total. The highest BCUT2D eigenvalue weighted by molar-refractivity contribution is 9.10. The molecule has 0 bridgehead atoms. The SMILES string of the molecule is C=CCC1(N(C(C)=O)c2ccccc2Br)CCN(C(C)=O)CC1. The lowest BCUT2D eigenvalue weighted by Crippen LogP contribution is -2.57. The number of halogens is 1. The molecule has 2 amide bonds. The van der Waals surface area contributed by atoms with Crippen molar-refractivity contribution in [1.29, 1.82) is 0 Å². The molecule has 0 atom stereocenters. The average molecular weight is 379 g/mol. The number of para-hydroxylation sites is 1. The number of amides is 2. The first-order chi connectivity index (χ1) is 10.9. The molecule has 1 aliphatic heterocycles. The number of likely N-dealkylation sites (tertiary alicyclic amines) is 1. The van der Waals surface area contributed by atoms with Crippen LogP contribution in [0.1, 0.15) is 33.1 Å². The molecule has 2 rings (SSSR count). The molecule has 1 heterocycles. The zero-order valence-electron chi connectivity index (χ0n) is 13.7. The van der Waals surface area contributed by atoms with Crippen molar-refractivity contribution in [3.05, 3.63) is 41.4 Å². The number of rotatable bonds is 4. The third-order valence-corrected chi connectivity index (χ3v) is 5.22. The van der Waals surface area contributed by atoms with E-state index in [0.29, 0.717) is 19.5 Å². The lowest BCUT2D eigenvalue weighted by atomic mass is 9.82. The smallest absolute Gasteiger partial charge is 0.224 e. The van der Waals surface area contributed by atoms with Gasteiger partial charge in [0.1, 0.15) is 0 Å². The largest absolute Gasteiger partial charge is 0.343 e. The van der Waals surface area contributed by atoms with Crippen LogP contribution in [0.3, 0.4) is 0 Å². The second-order valence-corrected chi connectivity index (χ2v) is 6.88. The summed E-state index contributed by atoms with van der Waals surface area (Å²) in [6, 6.07) is 7.76. The van der Waals surface area contributed by atoms with E-state index in [1.54, 1.807) is 13.8 Å². The van der Waals surface area contributed by atoms with Crippen molar-refractivity contribution in [2.24, 2.45) is 0 Å². The molecule has 0 aliphatic carbocycles. The summed E-state index contributed by atoms with van der Waals surface area (Å²) in [7, 11) is 0. The van der Waals surface area contributed by atoms with Crippen LogP contribution in [0.5, 0.6) is 0 Å². The number of nitrogens with zero attached hydrogens (tertiary/aromatic N) is 2. The topological polar surface area (TPSA) is 40.6 Å². The Kier molecular flexibility index (Phi) is 5.63. The van der Waals surface area contributed by atoms with Crippen LogP contribution in [0.25, 0.3) is 0 Å². The third-order valence-electron chi connectivity index (χ3n) is 4.55. The van der Waals surface area contributed by atoms with Gasteiger partial charge < -0.3 is 9.80 Å². The molecule has 0 spiro atoms. The summed E-state index contributed by atoms with van der Waals surface area (Å²) in [5, 5.41) is 0. The molecular formula is C18H23BrN2O2. The van der Waals surface area contributed by atoms with Gasteiger partial charge in [-0.15, -0.1) is 6.58 Å². The Morgan fingerprint density at radius 1 is 1.30 bits per heavy atom. The van der Waals surface area contributed by atoms with Crippen molar-refractivity contribution in [2.45, 2.75) is 38.6 Å². The minimum Gasteiger partial charge on any atom is -0.343 e. The zero-order chi connectivity index (χ0) is 17.0. The molecular weight excluding hydrogens is 356 g/mol. The van der Waals surface area contributed by atoms with Gasteiger partial charge in [-0.05, 0) is 47.3 Å². The van der Waals surface area contributed by atoms with E-state index in [-0.39, 0.29) is 17.4 Å². The summed E-state index contributed by atoms with van der Waals surface area (Å²) in [5.74, 6) is 0.0995. The number of hydrogen-bond acceptors (Lipinski definition) is 2. The quantitative estimate of drug-likeness (QED) is 0.748. The van der Waals surface area contributed by atoms with Crippen LogP contribution in [0, 0.1) is 0 Å². The summed E-state index contributed by atoms with van der Waals surface area (Å²) >= 11 is 3.56. The Morgan fingerprint density at radius 2 is 1.91 bits per heavy atom. The summed E-state index contributed by atoms with van der Waals surface area (Å²) in [5.41, 5.74) is 0.543. The van der Waals surface area contributed by atoms with Gasteiger partial charge in [0, 0.05) is 31.4 Å². The second-order valence-electron chi connectivity index (χ2n) is 6.03. The molecule has 0 N–H and O–H groups in total. The monoisotopic (exact) mass is 378 g/mol. The highest BCUT2D eigenvalue weighted by Gasteiger charge is 2.42. The van der Waals surface area contributed by atoms with E-state index >= 15 is 0 Å². The maximum atomic E-state index is 12.5. The molecule has 124 valence electrons. The van der Waals surface area contributed by atoms with Crippen LogP contribution in [-0.2, 0) is 9.59 Å². The lowest BCUT2D eigenvalue weighted by molar-refractivity contribution is -0.130. The lowest BCUT2D eigenvalue weighted by Gasteiger charge is -2.48. The number of anilines is 1. The first kappa shape index (κ1) is 17.7. The molecule has 0 unspecified atom stereocenters. The van der Waals surface area contributed by atoms with Gasteiger partial charge in [0.15, 0.2) is 0 Å². The number of piperidine rings is 1. The molecule has 5 heteroatoms. The Balaban J connectivity index is 2.41. The fourth-order valence-electron chi connectivity index (χ4n) is 3.42. The molecule has 0 aromatic heterocycles. The van der Waals surface area contributed by atoms with Crippen molar-refractivity contribution in [3.8, 4) is 0 Å².